The second kappa shape index (κ2) is 8.11. The van der Waals surface area contributed by atoms with E-state index in [1.165, 1.54) is 64.2 Å². The SMILES string of the molecule is CCC(C)C1CCC(C2CCCC2)=C(C2CCCCC2)C1(C1CCC1)C1CC1. The van der Waals surface area contributed by atoms with Gasteiger partial charge in [-0.3, -0.25) is 0 Å². The summed E-state index contributed by atoms with van der Waals surface area (Å²) < 4.78 is 0. The Labute approximate surface area is 175 Å². The highest BCUT2D eigenvalue weighted by Crippen LogP contribution is 2.70. The van der Waals surface area contributed by atoms with E-state index in [0.717, 1.165) is 35.5 Å². The monoisotopic (exact) mass is 382 g/mol. The van der Waals surface area contributed by atoms with Gasteiger partial charge in [-0.05, 0) is 99.7 Å². The molecule has 158 valence electrons. The largest absolute Gasteiger partial charge is 0.0670 e. The summed E-state index contributed by atoms with van der Waals surface area (Å²) in [6, 6.07) is 0. The lowest BCUT2D eigenvalue weighted by molar-refractivity contribution is -0.0207. The van der Waals surface area contributed by atoms with Crippen LogP contribution in [0.15, 0.2) is 11.1 Å². The van der Waals surface area contributed by atoms with Crippen molar-refractivity contribution < 1.29 is 0 Å². The number of rotatable bonds is 6. The molecule has 0 spiro atoms. The maximum absolute atomic E-state index is 2.64. The van der Waals surface area contributed by atoms with Gasteiger partial charge in [-0.25, -0.2) is 0 Å². The maximum atomic E-state index is 2.64. The van der Waals surface area contributed by atoms with Gasteiger partial charge in [0.2, 0.25) is 0 Å². The molecule has 5 aliphatic rings. The van der Waals surface area contributed by atoms with Gasteiger partial charge in [0.15, 0.2) is 0 Å². The van der Waals surface area contributed by atoms with Gasteiger partial charge in [0, 0.05) is 5.41 Å². The molecule has 5 rings (SSSR count). The van der Waals surface area contributed by atoms with Crippen LogP contribution in [0.2, 0.25) is 0 Å². The summed E-state index contributed by atoms with van der Waals surface area (Å²) in [5.41, 5.74) is 4.93. The summed E-state index contributed by atoms with van der Waals surface area (Å²) in [6.07, 6.45) is 26.0. The molecular formula is C28H46. The van der Waals surface area contributed by atoms with Crippen LogP contribution in [0.25, 0.3) is 0 Å². The number of hydrogen-bond acceptors (Lipinski definition) is 0. The molecule has 0 aromatic rings. The van der Waals surface area contributed by atoms with Crippen LogP contribution in [0.4, 0.5) is 0 Å². The van der Waals surface area contributed by atoms with Gasteiger partial charge in [0.25, 0.3) is 0 Å². The van der Waals surface area contributed by atoms with Gasteiger partial charge < -0.3 is 0 Å². The summed E-state index contributed by atoms with van der Waals surface area (Å²) in [5, 5.41) is 0. The Morgan fingerprint density at radius 1 is 0.714 bits per heavy atom. The third-order valence-corrected chi connectivity index (χ3v) is 10.4. The molecule has 4 saturated carbocycles. The van der Waals surface area contributed by atoms with Gasteiger partial charge in [0.05, 0.1) is 0 Å². The van der Waals surface area contributed by atoms with E-state index in [1.807, 2.05) is 0 Å². The molecule has 0 saturated heterocycles. The average Bonchev–Trinajstić information content (AvgIpc) is 3.41. The quantitative estimate of drug-likeness (QED) is 0.403. The van der Waals surface area contributed by atoms with Gasteiger partial charge in [-0.1, -0.05) is 69.9 Å². The van der Waals surface area contributed by atoms with Crippen molar-refractivity contribution in [3.8, 4) is 0 Å². The molecule has 0 nitrogen and oxygen atoms in total. The number of allylic oxidation sites excluding steroid dienone is 2. The second-order valence-electron chi connectivity index (χ2n) is 11.6. The normalized spacial score (nSPS) is 37.3. The van der Waals surface area contributed by atoms with Gasteiger partial charge in [-0.15, -0.1) is 0 Å². The summed E-state index contributed by atoms with van der Waals surface area (Å²) >= 11 is 0. The van der Waals surface area contributed by atoms with Crippen molar-refractivity contribution in [2.45, 2.75) is 123 Å². The zero-order valence-electron chi connectivity index (χ0n) is 19.0. The Kier molecular flexibility index (Phi) is 5.70. The topological polar surface area (TPSA) is 0 Å². The Balaban J connectivity index is 1.65. The minimum atomic E-state index is 0.659. The first-order valence-corrected chi connectivity index (χ1v) is 13.5. The Morgan fingerprint density at radius 3 is 1.89 bits per heavy atom. The smallest absolute Gasteiger partial charge is 0.000477 e. The van der Waals surface area contributed by atoms with Crippen LogP contribution in [-0.2, 0) is 0 Å². The standard InChI is InChI=1S/C28H46/c1-3-20(2)26-19-18-25(21-10-7-8-11-21)27(22-12-5-4-6-13-22)28(26,24-16-17-24)23-14-9-15-23/h20-24,26H,3-19H2,1-2H3. The van der Waals surface area contributed by atoms with E-state index in [1.54, 1.807) is 44.9 Å². The highest BCUT2D eigenvalue weighted by Gasteiger charge is 2.61. The van der Waals surface area contributed by atoms with Crippen LogP contribution in [0, 0.1) is 40.9 Å². The van der Waals surface area contributed by atoms with Gasteiger partial charge in [-0.2, -0.15) is 0 Å². The molecule has 28 heavy (non-hydrogen) atoms. The van der Waals surface area contributed by atoms with Crippen molar-refractivity contribution >= 4 is 0 Å². The molecule has 0 amide bonds. The molecule has 0 N–H and O–H groups in total. The zero-order valence-corrected chi connectivity index (χ0v) is 19.0. The van der Waals surface area contributed by atoms with E-state index < -0.39 is 0 Å². The summed E-state index contributed by atoms with van der Waals surface area (Å²) in [4.78, 5) is 0. The fourth-order valence-electron chi connectivity index (χ4n) is 8.73. The lowest BCUT2D eigenvalue weighted by Crippen LogP contribution is -2.51. The van der Waals surface area contributed by atoms with Crippen molar-refractivity contribution in [3.63, 3.8) is 0 Å². The van der Waals surface area contributed by atoms with Crippen LogP contribution in [-0.4, -0.2) is 0 Å². The molecule has 0 radical (unpaired) electrons. The van der Waals surface area contributed by atoms with E-state index in [0.29, 0.717) is 5.41 Å². The van der Waals surface area contributed by atoms with Crippen molar-refractivity contribution in [2.24, 2.45) is 40.9 Å². The molecule has 3 atom stereocenters. The molecule has 5 aliphatic carbocycles. The third-order valence-electron chi connectivity index (χ3n) is 10.4. The van der Waals surface area contributed by atoms with Crippen molar-refractivity contribution in [3.05, 3.63) is 11.1 Å². The fourth-order valence-corrected chi connectivity index (χ4v) is 8.73. The Bertz CT molecular complexity index is 565. The fraction of sp³-hybridized carbons (Fsp3) is 0.929. The van der Waals surface area contributed by atoms with Gasteiger partial charge >= 0.3 is 0 Å². The van der Waals surface area contributed by atoms with Crippen molar-refractivity contribution in [1.82, 2.24) is 0 Å². The minimum absolute atomic E-state index is 0.659. The number of hydrogen-bond donors (Lipinski definition) is 0. The highest BCUT2D eigenvalue weighted by molar-refractivity contribution is 5.36. The van der Waals surface area contributed by atoms with Crippen molar-refractivity contribution in [1.29, 1.82) is 0 Å². The Morgan fingerprint density at radius 2 is 1.32 bits per heavy atom. The molecule has 0 heteroatoms. The first kappa shape index (κ1) is 19.7. The highest BCUT2D eigenvalue weighted by atomic mass is 14.7. The predicted octanol–water partition coefficient (Wildman–Crippen LogP) is 8.71. The van der Waals surface area contributed by atoms with Crippen LogP contribution >= 0.6 is 0 Å². The van der Waals surface area contributed by atoms with Crippen LogP contribution < -0.4 is 0 Å². The van der Waals surface area contributed by atoms with Crippen LogP contribution in [0.1, 0.15) is 123 Å². The van der Waals surface area contributed by atoms with E-state index in [-0.39, 0.29) is 0 Å². The summed E-state index contributed by atoms with van der Waals surface area (Å²) in [7, 11) is 0. The molecule has 0 aromatic carbocycles. The van der Waals surface area contributed by atoms with Gasteiger partial charge in [0.1, 0.15) is 0 Å². The maximum Gasteiger partial charge on any atom is 0.000477 e. The zero-order chi connectivity index (χ0) is 19.1. The lowest BCUT2D eigenvalue weighted by atomic mass is 9.45. The molecule has 4 fully saturated rings. The average molecular weight is 383 g/mol. The second-order valence-corrected chi connectivity index (χ2v) is 11.6. The molecule has 0 bridgehead atoms. The third kappa shape index (κ3) is 3.15. The molecule has 3 unspecified atom stereocenters. The van der Waals surface area contributed by atoms with E-state index >= 15 is 0 Å². The van der Waals surface area contributed by atoms with Crippen LogP contribution in [0.5, 0.6) is 0 Å². The summed E-state index contributed by atoms with van der Waals surface area (Å²) in [5.74, 6) is 6.06. The van der Waals surface area contributed by atoms with E-state index in [2.05, 4.69) is 25.0 Å². The summed E-state index contributed by atoms with van der Waals surface area (Å²) in [6.45, 7) is 5.12. The minimum Gasteiger partial charge on any atom is -0.0670 e. The first-order chi connectivity index (χ1) is 13.8. The lowest BCUT2D eigenvalue weighted by Gasteiger charge is -2.59. The predicted molar refractivity (Wildman–Crippen MR) is 120 cm³/mol. The van der Waals surface area contributed by atoms with E-state index in [9.17, 15) is 0 Å². The molecule has 0 heterocycles. The molecule has 0 aliphatic heterocycles. The van der Waals surface area contributed by atoms with Crippen molar-refractivity contribution in [2.75, 3.05) is 0 Å². The van der Waals surface area contributed by atoms with Crippen LogP contribution in [0.3, 0.4) is 0 Å². The van der Waals surface area contributed by atoms with E-state index in [4.69, 9.17) is 0 Å². The Hall–Kier alpha value is -0.260. The first-order valence-electron chi connectivity index (χ1n) is 13.5. The molecular weight excluding hydrogens is 336 g/mol. The molecule has 0 aromatic heterocycles.